The zero-order valence-electron chi connectivity index (χ0n) is 15.4. The summed E-state index contributed by atoms with van der Waals surface area (Å²) in [5, 5.41) is 0. The Morgan fingerprint density at radius 2 is 2.19 bits per heavy atom. The van der Waals surface area contributed by atoms with Gasteiger partial charge >= 0.3 is 0 Å². The number of carbonyl (C=O) groups is 1. The van der Waals surface area contributed by atoms with Crippen LogP contribution < -0.4 is 9.62 Å². The third-order valence-corrected chi connectivity index (χ3v) is 6.90. The largest absolute Gasteiger partial charge is 0.335 e. The van der Waals surface area contributed by atoms with Crippen molar-refractivity contribution in [1.82, 2.24) is 14.3 Å². The van der Waals surface area contributed by atoms with Crippen molar-refractivity contribution >= 4 is 21.6 Å². The highest BCUT2D eigenvalue weighted by molar-refractivity contribution is 7.89. The highest BCUT2D eigenvalue weighted by atomic mass is 32.2. The highest BCUT2D eigenvalue weighted by Gasteiger charge is 2.25. The van der Waals surface area contributed by atoms with Crippen molar-refractivity contribution in [2.75, 3.05) is 18.0 Å². The summed E-state index contributed by atoms with van der Waals surface area (Å²) in [6.45, 7) is 3.41. The van der Waals surface area contributed by atoms with Crippen LogP contribution in [-0.4, -0.2) is 37.0 Å². The number of amides is 1. The molecule has 1 atom stereocenters. The summed E-state index contributed by atoms with van der Waals surface area (Å²) in [7, 11) is -3.62. The molecule has 0 unspecified atom stereocenters. The molecule has 1 amide bonds. The van der Waals surface area contributed by atoms with Gasteiger partial charge in [-0.25, -0.2) is 18.1 Å². The first-order chi connectivity index (χ1) is 12.9. The maximum absolute atomic E-state index is 12.8. The van der Waals surface area contributed by atoms with Crippen LogP contribution in [0.25, 0.3) is 0 Å². The number of sulfonamides is 1. The van der Waals surface area contributed by atoms with Crippen LogP contribution in [0.3, 0.4) is 0 Å². The van der Waals surface area contributed by atoms with Gasteiger partial charge in [0.05, 0.1) is 4.90 Å². The van der Waals surface area contributed by atoms with Crippen molar-refractivity contribution in [1.29, 1.82) is 0 Å². The van der Waals surface area contributed by atoms with Gasteiger partial charge in [0, 0.05) is 51.1 Å². The Balaban J connectivity index is 1.49. The predicted molar refractivity (Wildman–Crippen MR) is 102 cm³/mol. The number of aromatic nitrogens is 2. The number of anilines is 1. The first-order valence-electron chi connectivity index (χ1n) is 9.35. The fraction of sp³-hybridized carbons (Fsp3) is 0.474. The van der Waals surface area contributed by atoms with E-state index in [0.29, 0.717) is 13.1 Å². The summed E-state index contributed by atoms with van der Waals surface area (Å²) in [5.41, 5.74) is 1.74. The number of nitrogens with zero attached hydrogens (tertiary/aromatic N) is 3. The van der Waals surface area contributed by atoms with Crippen LogP contribution in [0.15, 0.2) is 35.5 Å². The van der Waals surface area contributed by atoms with E-state index in [1.54, 1.807) is 23.2 Å². The zero-order valence-corrected chi connectivity index (χ0v) is 16.2. The second-order valence-electron chi connectivity index (χ2n) is 7.31. The minimum Gasteiger partial charge on any atom is -0.335 e. The van der Waals surface area contributed by atoms with E-state index in [0.717, 1.165) is 49.3 Å². The Morgan fingerprint density at radius 3 is 3.00 bits per heavy atom. The molecule has 1 N–H and O–H groups in total. The van der Waals surface area contributed by atoms with Crippen LogP contribution in [0.4, 0.5) is 5.69 Å². The molecular formula is C19H24N4O3S. The van der Waals surface area contributed by atoms with Gasteiger partial charge in [0.1, 0.15) is 5.82 Å². The first-order valence-corrected chi connectivity index (χ1v) is 10.8. The Morgan fingerprint density at radius 1 is 1.33 bits per heavy atom. The third-order valence-electron chi connectivity index (χ3n) is 5.48. The van der Waals surface area contributed by atoms with Crippen molar-refractivity contribution in [3.05, 3.63) is 42.0 Å². The van der Waals surface area contributed by atoms with E-state index in [4.69, 9.17) is 0 Å². The standard InChI is InChI=1S/C19H24N4O3S/c1-14(24)23-8-2-3-16-4-5-17(12-18(16)23)27(25,26)21-13-15-6-9-22-10-7-20-19(22)11-15/h4-5,7,10,12,15,21H,2-3,6,8-9,11,13H2,1H3/t15-/m1/s1. The Hall–Kier alpha value is -2.19. The molecule has 0 radical (unpaired) electrons. The number of carbonyl (C=O) groups excluding carboxylic acids is 1. The molecule has 2 aromatic rings. The maximum atomic E-state index is 12.8. The molecule has 2 aliphatic rings. The van der Waals surface area contributed by atoms with Gasteiger partial charge in [-0.15, -0.1) is 0 Å². The molecule has 3 heterocycles. The van der Waals surface area contributed by atoms with Crippen LogP contribution >= 0.6 is 0 Å². The van der Waals surface area contributed by atoms with Crippen molar-refractivity contribution in [2.45, 2.75) is 44.0 Å². The molecule has 144 valence electrons. The zero-order chi connectivity index (χ0) is 19.0. The predicted octanol–water partition coefficient (Wildman–Crippen LogP) is 1.72. The smallest absolute Gasteiger partial charge is 0.240 e. The molecular weight excluding hydrogens is 364 g/mol. The molecule has 27 heavy (non-hydrogen) atoms. The van der Waals surface area contributed by atoms with Crippen LogP contribution in [0.5, 0.6) is 0 Å². The molecule has 0 aliphatic carbocycles. The maximum Gasteiger partial charge on any atom is 0.240 e. The number of hydrogen-bond donors (Lipinski definition) is 1. The molecule has 4 rings (SSSR count). The minimum absolute atomic E-state index is 0.0591. The second kappa shape index (κ2) is 7.09. The molecule has 0 saturated carbocycles. The third kappa shape index (κ3) is 3.64. The number of benzene rings is 1. The number of imidazole rings is 1. The van der Waals surface area contributed by atoms with Crippen molar-refractivity contribution < 1.29 is 13.2 Å². The number of hydrogen-bond acceptors (Lipinski definition) is 4. The molecule has 7 nitrogen and oxygen atoms in total. The molecule has 0 spiro atoms. The van der Waals surface area contributed by atoms with Crippen LogP contribution in [-0.2, 0) is 34.2 Å². The van der Waals surface area contributed by atoms with Gasteiger partial charge in [0.15, 0.2) is 0 Å². The summed E-state index contributed by atoms with van der Waals surface area (Å²) in [6, 6.07) is 5.10. The van der Waals surface area contributed by atoms with E-state index < -0.39 is 10.0 Å². The van der Waals surface area contributed by atoms with Crippen LogP contribution in [0.2, 0.25) is 0 Å². The lowest BCUT2D eigenvalue weighted by Crippen LogP contribution is -2.35. The Labute approximate surface area is 159 Å². The van der Waals surface area contributed by atoms with Gasteiger partial charge in [-0.2, -0.15) is 0 Å². The molecule has 0 saturated heterocycles. The highest BCUT2D eigenvalue weighted by Crippen LogP contribution is 2.30. The molecule has 0 fully saturated rings. The number of aryl methyl sites for hydroxylation is 2. The van der Waals surface area contributed by atoms with Crippen molar-refractivity contribution in [2.24, 2.45) is 5.92 Å². The lowest BCUT2D eigenvalue weighted by molar-refractivity contribution is -0.116. The summed E-state index contributed by atoms with van der Waals surface area (Å²) >= 11 is 0. The number of fused-ring (bicyclic) bond motifs is 2. The first kappa shape index (κ1) is 18.2. The SMILES string of the molecule is CC(=O)N1CCCc2ccc(S(=O)(=O)NC[C@@H]3CCn4ccnc4C3)cc21. The van der Waals surface area contributed by atoms with E-state index in [9.17, 15) is 13.2 Å². The molecule has 1 aromatic heterocycles. The fourth-order valence-electron chi connectivity index (χ4n) is 3.95. The minimum atomic E-state index is -3.62. The van der Waals surface area contributed by atoms with Gasteiger partial charge in [0.25, 0.3) is 0 Å². The van der Waals surface area contributed by atoms with Gasteiger partial charge in [0.2, 0.25) is 15.9 Å². The summed E-state index contributed by atoms with van der Waals surface area (Å²) in [6.07, 6.45) is 7.21. The lowest BCUT2D eigenvalue weighted by atomic mass is 9.98. The molecule has 0 bridgehead atoms. The Kier molecular flexibility index (Phi) is 4.77. The Bertz CT molecular complexity index is 967. The van der Waals surface area contributed by atoms with Gasteiger partial charge in [-0.05, 0) is 42.9 Å². The monoisotopic (exact) mass is 388 g/mol. The van der Waals surface area contributed by atoms with Crippen LogP contribution in [0.1, 0.15) is 31.2 Å². The van der Waals surface area contributed by atoms with Crippen molar-refractivity contribution in [3.63, 3.8) is 0 Å². The van der Waals surface area contributed by atoms with Gasteiger partial charge in [-0.3, -0.25) is 4.79 Å². The molecule has 1 aromatic carbocycles. The average Bonchev–Trinajstić information content (AvgIpc) is 3.13. The van der Waals surface area contributed by atoms with E-state index >= 15 is 0 Å². The van der Waals surface area contributed by atoms with Crippen LogP contribution in [0, 0.1) is 5.92 Å². The fourth-order valence-corrected chi connectivity index (χ4v) is 5.09. The van der Waals surface area contributed by atoms with Gasteiger partial charge < -0.3 is 9.47 Å². The van der Waals surface area contributed by atoms with E-state index in [1.807, 2.05) is 12.3 Å². The number of rotatable bonds is 4. The average molecular weight is 388 g/mol. The molecule has 8 heteroatoms. The second-order valence-corrected chi connectivity index (χ2v) is 9.08. The topological polar surface area (TPSA) is 84.3 Å². The van der Waals surface area contributed by atoms with E-state index in [2.05, 4.69) is 14.3 Å². The quantitative estimate of drug-likeness (QED) is 0.864. The number of nitrogens with one attached hydrogen (secondary N) is 1. The van der Waals surface area contributed by atoms with E-state index in [1.165, 1.54) is 6.92 Å². The molecule has 2 aliphatic heterocycles. The normalized spacial score (nSPS) is 19.4. The van der Waals surface area contributed by atoms with E-state index in [-0.39, 0.29) is 16.7 Å². The lowest BCUT2D eigenvalue weighted by Gasteiger charge is -2.29. The van der Waals surface area contributed by atoms with Crippen molar-refractivity contribution in [3.8, 4) is 0 Å². The summed E-state index contributed by atoms with van der Waals surface area (Å²) < 4.78 is 30.5. The summed E-state index contributed by atoms with van der Waals surface area (Å²) in [4.78, 5) is 18.1. The van der Waals surface area contributed by atoms with Gasteiger partial charge in [-0.1, -0.05) is 6.07 Å². The summed E-state index contributed by atoms with van der Waals surface area (Å²) in [5.74, 6) is 1.19.